The summed E-state index contributed by atoms with van der Waals surface area (Å²) in [4.78, 5) is 10.6. The summed E-state index contributed by atoms with van der Waals surface area (Å²) in [5.74, 6) is -0.208. The van der Waals surface area contributed by atoms with Crippen LogP contribution in [-0.4, -0.2) is 5.91 Å². The van der Waals surface area contributed by atoms with Gasteiger partial charge in [-0.3, -0.25) is 4.79 Å². The monoisotopic (exact) mass is 335 g/mol. The molecule has 1 amide bonds. The van der Waals surface area contributed by atoms with Crippen LogP contribution in [-0.2, 0) is 4.79 Å². The van der Waals surface area contributed by atoms with Crippen LogP contribution in [0, 0.1) is 0 Å². The Bertz CT molecular complexity index is 320. The van der Waals surface area contributed by atoms with Gasteiger partial charge in [0.25, 0.3) is 0 Å². The molecule has 0 aromatic rings. The number of carbonyl (C=O) groups is 1. The number of carbonyl (C=O) groups excluding carboxylic acids is 1. The molecule has 0 aromatic carbocycles. The Hall–Kier alpha value is -1.05. The second-order valence-corrected chi connectivity index (χ2v) is 6.85. The average molecular weight is 336 g/mol. The van der Waals surface area contributed by atoms with Gasteiger partial charge in [0.15, 0.2) is 0 Å². The molecule has 0 radical (unpaired) electrons. The molecule has 0 aliphatic carbocycles. The van der Waals surface area contributed by atoms with E-state index in [-0.39, 0.29) is 5.91 Å². The quantitative estimate of drug-likeness (QED) is 0.216. The van der Waals surface area contributed by atoms with Gasteiger partial charge in [0, 0.05) is 6.42 Å². The maximum absolute atomic E-state index is 10.6. The third-order valence-electron chi connectivity index (χ3n) is 4.36. The predicted octanol–water partition coefficient (Wildman–Crippen LogP) is 6.85. The van der Waals surface area contributed by atoms with Gasteiger partial charge in [0.2, 0.25) is 5.91 Å². The zero-order valence-corrected chi connectivity index (χ0v) is 16.1. The zero-order chi connectivity index (χ0) is 17.7. The van der Waals surface area contributed by atoms with Crippen LogP contribution in [0.2, 0.25) is 0 Å². The van der Waals surface area contributed by atoms with E-state index in [2.05, 4.69) is 31.2 Å². The Morgan fingerprint density at radius 1 is 0.625 bits per heavy atom. The largest absolute Gasteiger partial charge is 0.370 e. The first kappa shape index (κ1) is 22.9. The van der Waals surface area contributed by atoms with Gasteiger partial charge in [-0.1, -0.05) is 82.6 Å². The van der Waals surface area contributed by atoms with Crippen LogP contribution in [0.3, 0.4) is 0 Å². The fourth-order valence-corrected chi connectivity index (χ4v) is 2.79. The third kappa shape index (κ3) is 20.9. The molecule has 0 saturated carbocycles. The predicted molar refractivity (Wildman–Crippen MR) is 107 cm³/mol. The van der Waals surface area contributed by atoms with Crippen LogP contribution in [0.25, 0.3) is 0 Å². The average Bonchev–Trinajstić information content (AvgIpc) is 2.56. The molecule has 24 heavy (non-hydrogen) atoms. The van der Waals surface area contributed by atoms with Crippen LogP contribution >= 0.6 is 0 Å². The summed E-state index contributed by atoms with van der Waals surface area (Å²) in [6.45, 7) is 2.27. The van der Waals surface area contributed by atoms with Crippen molar-refractivity contribution < 1.29 is 4.79 Å². The maximum atomic E-state index is 10.6. The zero-order valence-electron chi connectivity index (χ0n) is 16.1. The van der Waals surface area contributed by atoms with E-state index in [0.717, 1.165) is 12.8 Å². The van der Waals surface area contributed by atoms with Gasteiger partial charge < -0.3 is 5.73 Å². The van der Waals surface area contributed by atoms with Crippen molar-refractivity contribution in [2.75, 3.05) is 0 Å². The molecule has 0 unspecified atom stereocenters. The van der Waals surface area contributed by atoms with Gasteiger partial charge in [-0.2, -0.15) is 0 Å². The number of hydrogen-bond acceptors (Lipinski definition) is 1. The summed E-state index contributed by atoms with van der Waals surface area (Å²) in [5.41, 5.74) is 5.09. The number of rotatable bonds is 18. The van der Waals surface area contributed by atoms with E-state index in [1.807, 2.05) is 0 Å². The van der Waals surface area contributed by atoms with Crippen LogP contribution < -0.4 is 5.73 Å². The lowest BCUT2D eigenvalue weighted by molar-refractivity contribution is -0.117. The van der Waals surface area contributed by atoms with E-state index < -0.39 is 0 Å². The molecule has 0 saturated heterocycles. The van der Waals surface area contributed by atoms with E-state index in [4.69, 9.17) is 5.73 Å². The summed E-state index contributed by atoms with van der Waals surface area (Å²) < 4.78 is 0. The smallest absolute Gasteiger partial charge is 0.217 e. The molecule has 2 N–H and O–H groups in total. The first-order chi connectivity index (χ1) is 11.8. The molecular weight excluding hydrogens is 294 g/mol. The summed E-state index contributed by atoms with van der Waals surface area (Å²) >= 11 is 0. The Morgan fingerprint density at radius 3 is 1.42 bits per heavy atom. The van der Waals surface area contributed by atoms with Crippen molar-refractivity contribution in [1.29, 1.82) is 0 Å². The topological polar surface area (TPSA) is 43.1 Å². The van der Waals surface area contributed by atoms with Crippen molar-refractivity contribution in [3.63, 3.8) is 0 Å². The van der Waals surface area contributed by atoms with E-state index in [0.29, 0.717) is 6.42 Å². The highest BCUT2D eigenvalue weighted by Gasteiger charge is 1.91. The van der Waals surface area contributed by atoms with Crippen molar-refractivity contribution in [3.05, 3.63) is 24.3 Å². The van der Waals surface area contributed by atoms with Crippen molar-refractivity contribution >= 4 is 5.91 Å². The van der Waals surface area contributed by atoms with Gasteiger partial charge >= 0.3 is 0 Å². The second-order valence-electron chi connectivity index (χ2n) is 6.85. The number of nitrogens with two attached hydrogens (primary N) is 1. The van der Waals surface area contributed by atoms with Crippen LogP contribution in [0.5, 0.6) is 0 Å². The van der Waals surface area contributed by atoms with E-state index in [9.17, 15) is 4.79 Å². The molecule has 0 heterocycles. The molecule has 0 atom stereocenters. The minimum atomic E-state index is -0.208. The van der Waals surface area contributed by atoms with Crippen LogP contribution in [0.15, 0.2) is 24.3 Å². The molecule has 0 aromatic heterocycles. The van der Waals surface area contributed by atoms with E-state index >= 15 is 0 Å². The molecule has 140 valence electrons. The first-order valence-electron chi connectivity index (χ1n) is 10.4. The molecular formula is C22H41NO. The van der Waals surface area contributed by atoms with Crippen molar-refractivity contribution in [2.24, 2.45) is 5.73 Å². The Balaban J connectivity index is 3.14. The molecule has 0 aliphatic heterocycles. The number of allylic oxidation sites excluding steroid dienone is 4. The minimum absolute atomic E-state index is 0.208. The first-order valence-corrected chi connectivity index (χ1v) is 10.4. The van der Waals surface area contributed by atoms with Crippen LogP contribution in [0.1, 0.15) is 110 Å². The Kier molecular flexibility index (Phi) is 19.1. The molecule has 0 rings (SSSR count). The molecule has 2 heteroatoms. The third-order valence-corrected chi connectivity index (χ3v) is 4.36. The van der Waals surface area contributed by atoms with Gasteiger partial charge in [-0.15, -0.1) is 0 Å². The minimum Gasteiger partial charge on any atom is -0.370 e. The Morgan fingerprint density at radius 2 is 1.00 bits per heavy atom. The highest BCUT2D eigenvalue weighted by molar-refractivity contribution is 5.73. The molecule has 0 aliphatic rings. The van der Waals surface area contributed by atoms with Gasteiger partial charge in [0.05, 0.1) is 0 Å². The maximum Gasteiger partial charge on any atom is 0.217 e. The number of primary amides is 1. The fourth-order valence-electron chi connectivity index (χ4n) is 2.79. The standard InChI is InChI=1S/C22H41NO/c1-2-3-4-5-6-7-8-9-10-11-12-13-14-15-16-17-18-19-20-21-22(23)24/h9-10,18-19H,2-8,11-17,20-21H2,1H3,(H2,23,24). The van der Waals surface area contributed by atoms with Gasteiger partial charge in [0.1, 0.15) is 0 Å². The van der Waals surface area contributed by atoms with Crippen LogP contribution in [0.4, 0.5) is 0 Å². The van der Waals surface area contributed by atoms with Crippen molar-refractivity contribution in [3.8, 4) is 0 Å². The highest BCUT2D eigenvalue weighted by atomic mass is 16.1. The highest BCUT2D eigenvalue weighted by Crippen LogP contribution is 2.10. The summed E-state index contributed by atoms with van der Waals surface area (Å²) in [7, 11) is 0. The van der Waals surface area contributed by atoms with Crippen molar-refractivity contribution in [2.45, 2.75) is 110 Å². The number of hydrogen-bond donors (Lipinski definition) is 1. The van der Waals surface area contributed by atoms with Gasteiger partial charge in [-0.25, -0.2) is 0 Å². The lowest BCUT2D eigenvalue weighted by Crippen LogP contribution is -2.08. The summed E-state index contributed by atoms with van der Waals surface area (Å²) in [5, 5.41) is 0. The number of amides is 1. The number of unbranched alkanes of at least 4 members (excludes halogenated alkanes) is 12. The lowest BCUT2D eigenvalue weighted by Gasteiger charge is -1.99. The normalized spacial score (nSPS) is 11.7. The molecule has 0 bridgehead atoms. The summed E-state index contributed by atoms with van der Waals surface area (Å²) in [6.07, 6.45) is 28.9. The second kappa shape index (κ2) is 20.0. The molecule has 2 nitrogen and oxygen atoms in total. The lowest BCUT2D eigenvalue weighted by atomic mass is 10.1. The Labute approximate surface area is 151 Å². The SMILES string of the molecule is CCCCCCCCC=CCCCCCCCC=CCCC(N)=O. The van der Waals surface area contributed by atoms with E-state index in [1.165, 1.54) is 83.5 Å². The van der Waals surface area contributed by atoms with E-state index in [1.54, 1.807) is 0 Å². The molecule has 0 fully saturated rings. The molecule has 0 spiro atoms. The summed E-state index contributed by atoms with van der Waals surface area (Å²) in [6, 6.07) is 0. The fraction of sp³-hybridized carbons (Fsp3) is 0.773. The van der Waals surface area contributed by atoms with Gasteiger partial charge in [-0.05, 0) is 44.9 Å². The van der Waals surface area contributed by atoms with Crippen molar-refractivity contribution in [1.82, 2.24) is 0 Å².